The average Bonchev–Trinajstić information content (AvgIpc) is 2.90. The minimum Gasteiger partial charge on any atom is -0.352 e. The van der Waals surface area contributed by atoms with Gasteiger partial charge in [-0.25, -0.2) is 8.42 Å². The number of nitrogens with one attached hydrogen (secondary N) is 1. The van der Waals surface area contributed by atoms with E-state index in [-0.39, 0.29) is 24.9 Å². The largest absolute Gasteiger partial charge is 0.352 e. The average molecular weight is 619 g/mol. The Morgan fingerprint density at radius 3 is 2.24 bits per heavy atom. The van der Waals surface area contributed by atoms with Gasteiger partial charge in [-0.05, 0) is 62.1 Å². The van der Waals surface area contributed by atoms with Crippen molar-refractivity contribution in [2.45, 2.75) is 59.2 Å². The fraction of sp³-hybridized carbons (Fsp3) is 0.355. The van der Waals surface area contributed by atoms with E-state index in [1.165, 1.54) is 4.90 Å². The van der Waals surface area contributed by atoms with Crippen LogP contribution in [0.3, 0.4) is 0 Å². The van der Waals surface area contributed by atoms with Crippen LogP contribution in [0.1, 0.15) is 42.5 Å². The van der Waals surface area contributed by atoms with Crippen LogP contribution in [0.2, 0.25) is 10.0 Å². The molecule has 0 unspecified atom stereocenters. The summed E-state index contributed by atoms with van der Waals surface area (Å²) in [4.78, 5) is 29.4. The maximum absolute atomic E-state index is 14.2. The highest BCUT2D eigenvalue weighted by atomic mass is 35.5. The van der Waals surface area contributed by atoms with Crippen molar-refractivity contribution in [2.24, 2.45) is 0 Å². The first-order valence-corrected chi connectivity index (χ1v) is 16.0. The van der Waals surface area contributed by atoms with Gasteiger partial charge in [0.2, 0.25) is 21.8 Å². The second-order valence-corrected chi connectivity index (χ2v) is 13.1. The number of sulfonamides is 1. The highest BCUT2D eigenvalue weighted by molar-refractivity contribution is 7.92. The van der Waals surface area contributed by atoms with Gasteiger partial charge in [-0.3, -0.25) is 13.9 Å². The molecule has 0 heterocycles. The van der Waals surface area contributed by atoms with E-state index in [0.29, 0.717) is 33.3 Å². The molecule has 0 aliphatic carbocycles. The summed E-state index contributed by atoms with van der Waals surface area (Å²) in [6.45, 7) is 7.05. The van der Waals surface area contributed by atoms with E-state index in [1.807, 2.05) is 57.2 Å². The molecule has 0 fully saturated rings. The molecular formula is C31H37Cl2N3O4S. The molecule has 0 aromatic heterocycles. The van der Waals surface area contributed by atoms with Crippen molar-refractivity contribution in [3.05, 3.63) is 99.0 Å². The van der Waals surface area contributed by atoms with E-state index < -0.39 is 28.5 Å². The summed E-state index contributed by atoms with van der Waals surface area (Å²) in [7, 11) is -3.85. The number of nitrogens with zero attached hydrogens (tertiary/aromatic N) is 2. The van der Waals surface area contributed by atoms with Crippen LogP contribution >= 0.6 is 23.2 Å². The van der Waals surface area contributed by atoms with Gasteiger partial charge in [0.15, 0.2) is 0 Å². The summed E-state index contributed by atoms with van der Waals surface area (Å²) in [5, 5.41) is 3.78. The van der Waals surface area contributed by atoms with Gasteiger partial charge in [0.1, 0.15) is 12.6 Å². The van der Waals surface area contributed by atoms with Crippen molar-refractivity contribution in [3.63, 3.8) is 0 Å². The number of carbonyl (C=O) groups excluding carboxylic acids is 2. The van der Waals surface area contributed by atoms with Gasteiger partial charge >= 0.3 is 0 Å². The van der Waals surface area contributed by atoms with Gasteiger partial charge < -0.3 is 10.2 Å². The van der Waals surface area contributed by atoms with Gasteiger partial charge in [0.25, 0.3) is 0 Å². The first-order chi connectivity index (χ1) is 19.3. The molecule has 0 saturated carbocycles. The third-order valence-electron chi connectivity index (χ3n) is 6.93. The quantitative estimate of drug-likeness (QED) is 0.273. The number of amides is 2. The first kappa shape index (κ1) is 32.4. The molecule has 3 aromatic carbocycles. The Kier molecular flexibility index (Phi) is 11.2. The van der Waals surface area contributed by atoms with Crippen molar-refractivity contribution in [3.8, 4) is 0 Å². The van der Waals surface area contributed by atoms with E-state index in [9.17, 15) is 18.0 Å². The van der Waals surface area contributed by atoms with Gasteiger partial charge in [-0.15, -0.1) is 0 Å². The predicted molar refractivity (Wildman–Crippen MR) is 167 cm³/mol. The minimum absolute atomic E-state index is 0.0231. The lowest BCUT2D eigenvalue weighted by Gasteiger charge is -2.34. The first-order valence-electron chi connectivity index (χ1n) is 13.4. The van der Waals surface area contributed by atoms with E-state index in [2.05, 4.69) is 5.32 Å². The van der Waals surface area contributed by atoms with Crippen molar-refractivity contribution in [2.75, 3.05) is 17.1 Å². The van der Waals surface area contributed by atoms with Gasteiger partial charge in [0.05, 0.1) is 11.9 Å². The topological polar surface area (TPSA) is 86.8 Å². The van der Waals surface area contributed by atoms with Crippen molar-refractivity contribution >= 4 is 50.7 Å². The predicted octanol–water partition coefficient (Wildman–Crippen LogP) is 5.93. The highest BCUT2D eigenvalue weighted by Gasteiger charge is 2.34. The maximum atomic E-state index is 14.2. The number of hydrogen-bond donors (Lipinski definition) is 1. The SMILES string of the molecule is CC[C@H](C)NC(=O)[C@H](Cc1ccccc1)N(Cc1ccc(Cl)cc1Cl)C(=O)CN(c1ccc(C)cc1C)S(C)(=O)=O. The molecule has 41 heavy (non-hydrogen) atoms. The summed E-state index contributed by atoms with van der Waals surface area (Å²) in [6, 6.07) is 18.6. The lowest BCUT2D eigenvalue weighted by molar-refractivity contribution is -0.140. The zero-order valence-electron chi connectivity index (χ0n) is 24.0. The number of carbonyl (C=O) groups is 2. The van der Waals surface area contributed by atoms with E-state index in [0.717, 1.165) is 21.7 Å². The zero-order chi connectivity index (χ0) is 30.3. The van der Waals surface area contributed by atoms with Gasteiger partial charge in [-0.2, -0.15) is 0 Å². The lowest BCUT2D eigenvalue weighted by atomic mass is 10.0. The van der Waals surface area contributed by atoms with Crippen molar-refractivity contribution < 1.29 is 18.0 Å². The van der Waals surface area contributed by atoms with Gasteiger partial charge in [-0.1, -0.05) is 84.2 Å². The second kappa shape index (κ2) is 14.2. The second-order valence-electron chi connectivity index (χ2n) is 10.3. The molecule has 0 bridgehead atoms. The zero-order valence-corrected chi connectivity index (χ0v) is 26.4. The molecular weight excluding hydrogens is 581 g/mol. The number of halogens is 2. The molecule has 0 spiro atoms. The molecule has 2 amide bonds. The molecule has 220 valence electrons. The van der Waals surface area contributed by atoms with E-state index in [4.69, 9.17) is 23.2 Å². The van der Waals surface area contributed by atoms with E-state index in [1.54, 1.807) is 37.3 Å². The molecule has 2 atom stereocenters. The smallest absolute Gasteiger partial charge is 0.244 e. The maximum Gasteiger partial charge on any atom is 0.244 e. The monoisotopic (exact) mass is 617 g/mol. The number of rotatable bonds is 12. The number of hydrogen-bond acceptors (Lipinski definition) is 4. The summed E-state index contributed by atoms with van der Waals surface area (Å²) < 4.78 is 27.1. The fourth-order valence-corrected chi connectivity index (χ4v) is 5.88. The Hall–Kier alpha value is -3.07. The summed E-state index contributed by atoms with van der Waals surface area (Å²) in [5.41, 5.74) is 3.52. The Morgan fingerprint density at radius 2 is 1.66 bits per heavy atom. The standard InChI is InChI=1S/C31H37Cl2N3O4S/c1-6-23(4)34-31(38)29(17-24-10-8-7-9-11-24)35(19-25-13-14-26(32)18-27(25)33)30(37)20-36(41(5,39)40)28-15-12-21(2)16-22(28)3/h7-16,18,23,29H,6,17,19-20H2,1-5H3,(H,34,38)/t23-,29-/m0/s1. The minimum atomic E-state index is -3.85. The van der Waals surface area contributed by atoms with Crippen LogP contribution in [0.4, 0.5) is 5.69 Å². The Balaban J connectivity index is 2.11. The van der Waals surface area contributed by atoms with Crippen LogP contribution in [0.15, 0.2) is 66.7 Å². The van der Waals surface area contributed by atoms with Crippen LogP contribution in [0.5, 0.6) is 0 Å². The number of benzene rings is 3. The Bertz CT molecular complexity index is 1480. The van der Waals surface area contributed by atoms with Crippen molar-refractivity contribution in [1.29, 1.82) is 0 Å². The normalized spacial score (nSPS) is 12.9. The fourth-order valence-electron chi connectivity index (χ4n) is 4.51. The Morgan fingerprint density at radius 1 is 0.976 bits per heavy atom. The molecule has 3 rings (SSSR count). The summed E-state index contributed by atoms with van der Waals surface area (Å²) in [6.07, 6.45) is 1.99. The molecule has 10 heteroatoms. The third kappa shape index (κ3) is 8.96. The molecule has 0 saturated heterocycles. The molecule has 3 aromatic rings. The molecule has 0 aliphatic heterocycles. The highest BCUT2D eigenvalue weighted by Crippen LogP contribution is 2.27. The number of anilines is 1. The van der Waals surface area contributed by atoms with E-state index >= 15 is 0 Å². The lowest BCUT2D eigenvalue weighted by Crippen LogP contribution is -2.54. The van der Waals surface area contributed by atoms with Crippen molar-refractivity contribution in [1.82, 2.24) is 10.2 Å². The van der Waals surface area contributed by atoms with Gasteiger partial charge in [0, 0.05) is 29.1 Å². The summed E-state index contributed by atoms with van der Waals surface area (Å²) >= 11 is 12.6. The van der Waals surface area contributed by atoms with Crippen LogP contribution in [-0.2, 0) is 32.6 Å². The van der Waals surface area contributed by atoms with Crippen LogP contribution in [0, 0.1) is 13.8 Å². The molecule has 0 radical (unpaired) electrons. The molecule has 0 aliphatic rings. The van der Waals surface area contributed by atoms with Crippen LogP contribution in [0.25, 0.3) is 0 Å². The molecule has 1 N–H and O–H groups in total. The van der Waals surface area contributed by atoms with Crippen LogP contribution < -0.4 is 9.62 Å². The van der Waals surface area contributed by atoms with Crippen LogP contribution in [-0.4, -0.2) is 50.0 Å². The third-order valence-corrected chi connectivity index (χ3v) is 8.64. The Labute approximate surface area is 253 Å². The summed E-state index contributed by atoms with van der Waals surface area (Å²) in [5.74, 6) is -0.874. The number of aryl methyl sites for hydroxylation is 2. The molecule has 7 nitrogen and oxygen atoms in total.